The second-order valence-electron chi connectivity index (χ2n) is 5.27. The molecule has 3 heterocycles. The highest BCUT2D eigenvalue weighted by atomic mass is 16.5. The van der Waals surface area contributed by atoms with Crippen molar-refractivity contribution in [1.29, 1.82) is 0 Å². The van der Waals surface area contributed by atoms with Crippen molar-refractivity contribution in [2.24, 2.45) is 0 Å². The van der Waals surface area contributed by atoms with Crippen molar-refractivity contribution in [2.45, 2.75) is 6.42 Å². The fraction of sp³-hybridized carbons (Fsp3) is 0.176. The molecule has 0 unspecified atom stereocenters. The molecule has 3 aromatic rings. The predicted molar refractivity (Wildman–Crippen MR) is 84.1 cm³/mol. The predicted octanol–water partition coefficient (Wildman–Crippen LogP) is 2.53. The fourth-order valence-corrected chi connectivity index (χ4v) is 2.86. The molecule has 0 aliphatic carbocycles. The Hall–Kier alpha value is -2.82. The van der Waals surface area contributed by atoms with E-state index in [2.05, 4.69) is 9.97 Å². The molecule has 0 saturated carbocycles. The van der Waals surface area contributed by atoms with Gasteiger partial charge >= 0.3 is 0 Å². The third-order valence-corrected chi connectivity index (χ3v) is 3.94. The van der Waals surface area contributed by atoms with E-state index in [-0.39, 0.29) is 5.91 Å². The number of benzene rings is 1. The monoisotopic (exact) mass is 293 g/mol. The lowest BCUT2D eigenvalue weighted by Gasteiger charge is -2.29. The second-order valence-corrected chi connectivity index (χ2v) is 5.27. The number of hydrogen-bond acceptors (Lipinski definition) is 3. The van der Waals surface area contributed by atoms with Gasteiger partial charge in [0.15, 0.2) is 0 Å². The van der Waals surface area contributed by atoms with Crippen LogP contribution in [0.3, 0.4) is 0 Å². The van der Waals surface area contributed by atoms with Crippen molar-refractivity contribution in [3.05, 3.63) is 54.5 Å². The minimum absolute atomic E-state index is 0.0577. The van der Waals surface area contributed by atoms with Crippen LogP contribution in [0, 0.1) is 0 Å². The van der Waals surface area contributed by atoms with Gasteiger partial charge in [0.1, 0.15) is 18.0 Å². The molecule has 1 amide bonds. The standard InChI is InChI=1S/C17H15N3O2/c21-17(9-12-10-19-14-4-2-1-3-13(12)14)20-7-8-22-16-5-6-18-11-15(16)20/h1-6,10-11,19H,7-9H2. The van der Waals surface area contributed by atoms with Crippen LogP contribution in [-0.2, 0) is 11.2 Å². The number of rotatable bonds is 2. The molecule has 0 atom stereocenters. The summed E-state index contributed by atoms with van der Waals surface area (Å²) in [5.74, 6) is 0.774. The van der Waals surface area contributed by atoms with E-state index in [0.29, 0.717) is 25.3 Å². The molecule has 4 rings (SSSR count). The van der Waals surface area contributed by atoms with Crippen LogP contribution in [0.15, 0.2) is 48.9 Å². The first kappa shape index (κ1) is 12.9. The molecule has 0 fully saturated rings. The van der Waals surface area contributed by atoms with Gasteiger partial charge in [0, 0.05) is 29.4 Å². The number of amides is 1. The number of fused-ring (bicyclic) bond motifs is 2. The van der Waals surface area contributed by atoms with Crippen molar-refractivity contribution in [2.75, 3.05) is 18.1 Å². The molecule has 2 aromatic heterocycles. The van der Waals surface area contributed by atoms with Crippen LogP contribution < -0.4 is 9.64 Å². The lowest BCUT2D eigenvalue weighted by Crippen LogP contribution is -2.38. The van der Waals surface area contributed by atoms with Gasteiger partial charge < -0.3 is 14.6 Å². The molecule has 5 nitrogen and oxygen atoms in total. The lowest BCUT2D eigenvalue weighted by molar-refractivity contribution is -0.118. The minimum Gasteiger partial charge on any atom is -0.489 e. The summed E-state index contributed by atoms with van der Waals surface area (Å²) in [6, 6.07) is 9.80. The Morgan fingerprint density at radius 1 is 1.32 bits per heavy atom. The van der Waals surface area contributed by atoms with Crippen LogP contribution in [0.25, 0.3) is 10.9 Å². The van der Waals surface area contributed by atoms with Crippen molar-refractivity contribution < 1.29 is 9.53 Å². The molecular formula is C17H15N3O2. The summed E-state index contributed by atoms with van der Waals surface area (Å²) in [6.07, 6.45) is 5.62. The average molecular weight is 293 g/mol. The highest BCUT2D eigenvalue weighted by molar-refractivity contribution is 5.98. The summed E-state index contributed by atoms with van der Waals surface area (Å²) in [7, 11) is 0. The van der Waals surface area contributed by atoms with Gasteiger partial charge in [0.25, 0.3) is 0 Å². The first-order valence-corrected chi connectivity index (χ1v) is 7.25. The van der Waals surface area contributed by atoms with Gasteiger partial charge in [-0.25, -0.2) is 0 Å². The Bertz CT molecular complexity index is 841. The van der Waals surface area contributed by atoms with Crippen molar-refractivity contribution in [1.82, 2.24) is 9.97 Å². The fourth-order valence-electron chi connectivity index (χ4n) is 2.86. The molecule has 0 saturated heterocycles. The maximum absolute atomic E-state index is 12.7. The molecule has 0 bridgehead atoms. The topological polar surface area (TPSA) is 58.2 Å². The van der Waals surface area contributed by atoms with Gasteiger partial charge in [-0.3, -0.25) is 9.78 Å². The third kappa shape index (κ3) is 2.11. The van der Waals surface area contributed by atoms with Crippen LogP contribution >= 0.6 is 0 Å². The van der Waals surface area contributed by atoms with E-state index < -0.39 is 0 Å². The van der Waals surface area contributed by atoms with Crippen molar-refractivity contribution in [3.63, 3.8) is 0 Å². The van der Waals surface area contributed by atoms with E-state index in [0.717, 1.165) is 22.2 Å². The van der Waals surface area contributed by atoms with Gasteiger partial charge in [0.05, 0.1) is 19.2 Å². The van der Waals surface area contributed by atoms with Gasteiger partial charge in [0.2, 0.25) is 5.91 Å². The van der Waals surface area contributed by atoms with Gasteiger partial charge in [-0.1, -0.05) is 18.2 Å². The highest BCUT2D eigenvalue weighted by Crippen LogP contribution is 2.30. The Morgan fingerprint density at radius 2 is 2.23 bits per heavy atom. The smallest absolute Gasteiger partial charge is 0.231 e. The van der Waals surface area contributed by atoms with Crippen molar-refractivity contribution >= 4 is 22.5 Å². The van der Waals surface area contributed by atoms with E-state index in [1.54, 1.807) is 23.4 Å². The van der Waals surface area contributed by atoms with E-state index in [1.807, 2.05) is 30.5 Å². The first-order chi connectivity index (χ1) is 10.8. The Labute approximate surface area is 127 Å². The zero-order chi connectivity index (χ0) is 14.9. The number of carbonyl (C=O) groups excluding carboxylic acids is 1. The molecule has 1 aliphatic rings. The first-order valence-electron chi connectivity index (χ1n) is 7.25. The van der Waals surface area contributed by atoms with E-state index in [1.165, 1.54) is 0 Å². The summed E-state index contributed by atoms with van der Waals surface area (Å²) >= 11 is 0. The maximum atomic E-state index is 12.7. The number of nitrogens with one attached hydrogen (secondary N) is 1. The Morgan fingerprint density at radius 3 is 3.18 bits per heavy atom. The number of ether oxygens (including phenoxy) is 1. The number of para-hydroxylation sites is 1. The molecule has 0 radical (unpaired) electrons. The van der Waals surface area contributed by atoms with E-state index >= 15 is 0 Å². The summed E-state index contributed by atoms with van der Waals surface area (Å²) in [5.41, 5.74) is 2.81. The third-order valence-electron chi connectivity index (χ3n) is 3.94. The van der Waals surface area contributed by atoms with Crippen LogP contribution in [0.1, 0.15) is 5.56 Å². The minimum atomic E-state index is 0.0577. The number of aromatic nitrogens is 2. The maximum Gasteiger partial charge on any atom is 0.231 e. The van der Waals surface area contributed by atoms with Gasteiger partial charge in [-0.05, 0) is 11.6 Å². The number of nitrogens with zero attached hydrogens (tertiary/aromatic N) is 2. The number of anilines is 1. The number of pyridine rings is 1. The van der Waals surface area contributed by atoms with Crippen molar-refractivity contribution in [3.8, 4) is 5.75 Å². The average Bonchev–Trinajstić information content (AvgIpc) is 2.97. The number of carbonyl (C=O) groups is 1. The van der Waals surface area contributed by atoms with Crippen LogP contribution in [0.5, 0.6) is 5.75 Å². The van der Waals surface area contributed by atoms with Crippen LogP contribution in [0.4, 0.5) is 5.69 Å². The quantitative estimate of drug-likeness (QED) is 0.790. The van der Waals surface area contributed by atoms with E-state index in [4.69, 9.17) is 4.74 Å². The Kier molecular flexibility index (Phi) is 3.04. The normalized spacial score (nSPS) is 13.7. The molecule has 5 heteroatoms. The zero-order valence-electron chi connectivity index (χ0n) is 12.0. The summed E-state index contributed by atoms with van der Waals surface area (Å²) < 4.78 is 5.57. The summed E-state index contributed by atoms with van der Waals surface area (Å²) in [6.45, 7) is 1.07. The molecule has 1 aromatic carbocycles. The molecule has 1 N–H and O–H groups in total. The number of H-pyrrole nitrogens is 1. The van der Waals surface area contributed by atoms with Gasteiger partial charge in [-0.15, -0.1) is 0 Å². The molecule has 22 heavy (non-hydrogen) atoms. The number of hydrogen-bond donors (Lipinski definition) is 1. The highest BCUT2D eigenvalue weighted by Gasteiger charge is 2.24. The largest absolute Gasteiger partial charge is 0.489 e. The Balaban J connectivity index is 1.63. The van der Waals surface area contributed by atoms with Crippen LogP contribution in [0.2, 0.25) is 0 Å². The molecular weight excluding hydrogens is 278 g/mol. The second kappa shape index (κ2) is 5.18. The molecule has 0 spiro atoms. The summed E-state index contributed by atoms with van der Waals surface area (Å²) in [5, 5.41) is 1.09. The lowest BCUT2D eigenvalue weighted by atomic mass is 10.1. The summed E-state index contributed by atoms with van der Waals surface area (Å²) in [4.78, 5) is 21.8. The van der Waals surface area contributed by atoms with Crippen LogP contribution in [-0.4, -0.2) is 29.0 Å². The molecule has 110 valence electrons. The SMILES string of the molecule is O=C(Cc1c[nH]c2ccccc12)N1CCOc2ccncc21. The van der Waals surface area contributed by atoms with E-state index in [9.17, 15) is 4.79 Å². The number of aromatic amines is 1. The molecule has 1 aliphatic heterocycles. The zero-order valence-corrected chi connectivity index (χ0v) is 12.0. The van der Waals surface area contributed by atoms with Gasteiger partial charge in [-0.2, -0.15) is 0 Å².